The summed E-state index contributed by atoms with van der Waals surface area (Å²) in [6, 6.07) is 25.1. The van der Waals surface area contributed by atoms with Crippen LogP contribution in [-0.2, 0) is 35.9 Å². The molecule has 7 heteroatoms. The summed E-state index contributed by atoms with van der Waals surface area (Å²) in [7, 11) is 0. The Hall–Kier alpha value is -2.23. The fraction of sp³-hybridized carbons (Fsp3) is 0.514. The van der Waals surface area contributed by atoms with Crippen LogP contribution in [-0.4, -0.2) is 55.1 Å². The first-order valence-electron chi connectivity index (χ1n) is 16.4. The topological polar surface area (TPSA) is 66.4 Å². The van der Waals surface area contributed by atoms with Gasteiger partial charge in [0.1, 0.15) is 24.4 Å². The van der Waals surface area contributed by atoms with Crippen molar-refractivity contribution in [1.29, 1.82) is 0 Å². The van der Waals surface area contributed by atoms with Crippen molar-refractivity contribution in [1.82, 2.24) is 0 Å². The quantitative estimate of drug-likeness (QED) is 0.211. The zero-order valence-corrected chi connectivity index (χ0v) is 27.0. The van der Waals surface area contributed by atoms with Crippen LogP contribution in [0, 0.1) is 0 Å². The maximum atomic E-state index is 12.7. The molecule has 0 aromatic heterocycles. The van der Waals surface area contributed by atoms with Crippen molar-refractivity contribution in [2.24, 2.45) is 0 Å². The Balaban J connectivity index is 1.35. The molecule has 3 heterocycles. The van der Waals surface area contributed by atoms with Gasteiger partial charge in [-0.25, -0.2) is 0 Å². The molecule has 6 rings (SSSR count). The van der Waals surface area contributed by atoms with Crippen LogP contribution >= 0.6 is 11.8 Å². The monoisotopic (exact) mass is 618 g/mol. The second-order valence-electron chi connectivity index (χ2n) is 12.1. The van der Waals surface area contributed by atoms with Crippen LogP contribution in [0.3, 0.4) is 0 Å². The van der Waals surface area contributed by atoms with Gasteiger partial charge in [0, 0.05) is 40.9 Å². The third-order valence-electron chi connectivity index (χ3n) is 9.07. The summed E-state index contributed by atoms with van der Waals surface area (Å²) in [5.41, 5.74) is 5.46. The second-order valence-corrected chi connectivity index (χ2v) is 13.1. The van der Waals surface area contributed by atoms with Gasteiger partial charge >= 0.3 is 0 Å². The largest absolute Gasteiger partial charge is 0.372 e. The summed E-state index contributed by atoms with van der Waals surface area (Å²) >= 11 is 1.86. The molecule has 3 aliphatic heterocycles. The van der Waals surface area contributed by atoms with E-state index in [0.717, 1.165) is 43.4 Å². The van der Waals surface area contributed by atoms with Gasteiger partial charge in [-0.2, -0.15) is 0 Å². The van der Waals surface area contributed by atoms with Crippen molar-refractivity contribution in [2.75, 3.05) is 25.6 Å². The number of hydrogen-bond donors (Lipinski definition) is 1. The predicted molar refractivity (Wildman–Crippen MR) is 173 cm³/mol. The Morgan fingerprint density at radius 2 is 1.64 bits per heavy atom. The Morgan fingerprint density at radius 3 is 2.36 bits per heavy atom. The van der Waals surface area contributed by atoms with Crippen molar-refractivity contribution < 1.29 is 28.8 Å². The molecule has 3 aromatic carbocycles. The lowest BCUT2D eigenvalue weighted by molar-refractivity contribution is -0.407. The number of aliphatic hydroxyl groups is 1. The standard InChI is InChI=1S/C37H46O6S/c1-4-7-20-39-34-33-31(23-41-36(42-33)27-12-10-9-11-13-27)43-37(38,35(34)40-21-8-5-2)28-18-19-32-29(22-28)30(24-44-32)26-16-14-25(6-3)15-17-26/h9-19,22,30-31,33-36,38H,4-8,20-21,23-24H2,1-3H3. The molecule has 0 spiro atoms. The lowest BCUT2D eigenvalue weighted by Crippen LogP contribution is -2.67. The average molecular weight is 619 g/mol. The van der Waals surface area contributed by atoms with Gasteiger partial charge in [0.25, 0.3) is 0 Å². The number of unbranched alkanes of at least 4 members (excludes halogenated alkanes) is 2. The highest BCUT2D eigenvalue weighted by molar-refractivity contribution is 7.99. The second kappa shape index (κ2) is 14.5. The molecule has 2 saturated heterocycles. The predicted octanol–water partition coefficient (Wildman–Crippen LogP) is 7.52. The average Bonchev–Trinajstić information content (AvgIpc) is 3.49. The first kappa shape index (κ1) is 31.7. The van der Waals surface area contributed by atoms with Gasteiger partial charge in [-0.15, -0.1) is 11.8 Å². The van der Waals surface area contributed by atoms with Gasteiger partial charge in [-0.05, 0) is 48.1 Å². The molecular formula is C37H46O6S. The van der Waals surface area contributed by atoms with Crippen molar-refractivity contribution >= 4 is 11.8 Å². The highest BCUT2D eigenvalue weighted by Gasteiger charge is 2.59. The lowest BCUT2D eigenvalue weighted by atomic mass is 9.84. The highest BCUT2D eigenvalue weighted by Crippen LogP contribution is 2.48. The molecule has 7 atom stereocenters. The first-order chi connectivity index (χ1) is 21.6. The Kier molecular flexibility index (Phi) is 10.4. The third kappa shape index (κ3) is 6.52. The Morgan fingerprint density at radius 1 is 0.886 bits per heavy atom. The number of aryl methyl sites for hydroxylation is 1. The minimum Gasteiger partial charge on any atom is -0.372 e. The van der Waals surface area contributed by atoms with E-state index in [2.05, 4.69) is 57.2 Å². The SMILES string of the molecule is CCCCOC1C2OC(c3ccccc3)OCC2OC(O)(c2ccc3c(c2)C(c2ccc(CC)cc2)CS3)C1OCCCC. The van der Waals surface area contributed by atoms with E-state index >= 15 is 0 Å². The summed E-state index contributed by atoms with van der Waals surface area (Å²) in [5.74, 6) is -0.530. The molecule has 7 unspecified atom stereocenters. The van der Waals surface area contributed by atoms with E-state index in [-0.39, 0.29) is 12.5 Å². The zero-order chi connectivity index (χ0) is 30.5. The maximum absolute atomic E-state index is 12.7. The molecular weight excluding hydrogens is 572 g/mol. The molecule has 0 amide bonds. The fourth-order valence-electron chi connectivity index (χ4n) is 6.45. The molecule has 6 nitrogen and oxygen atoms in total. The van der Waals surface area contributed by atoms with Crippen LogP contribution < -0.4 is 0 Å². The first-order valence-corrected chi connectivity index (χ1v) is 17.4. The molecule has 44 heavy (non-hydrogen) atoms. The van der Waals surface area contributed by atoms with E-state index in [1.54, 1.807) is 0 Å². The Bertz CT molecular complexity index is 1350. The summed E-state index contributed by atoms with van der Waals surface area (Å²) in [6.07, 6.45) is 1.92. The van der Waals surface area contributed by atoms with Gasteiger partial charge in [-0.3, -0.25) is 0 Å². The van der Waals surface area contributed by atoms with E-state index in [9.17, 15) is 5.11 Å². The van der Waals surface area contributed by atoms with Crippen LogP contribution in [0.5, 0.6) is 0 Å². The number of fused-ring (bicyclic) bond motifs is 2. The highest BCUT2D eigenvalue weighted by atomic mass is 32.2. The van der Waals surface area contributed by atoms with Crippen LogP contribution in [0.4, 0.5) is 0 Å². The molecule has 0 saturated carbocycles. The zero-order valence-electron chi connectivity index (χ0n) is 26.2. The summed E-state index contributed by atoms with van der Waals surface area (Å²) in [6.45, 7) is 7.77. The molecule has 3 aliphatic rings. The summed E-state index contributed by atoms with van der Waals surface area (Å²) < 4.78 is 32.6. The number of rotatable bonds is 12. The molecule has 2 fully saturated rings. The van der Waals surface area contributed by atoms with Gasteiger partial charge < -0.3 is 28.8 Å². The third-order valence-corrected chi connectivity index (χ3v) is 10.3. The van der Waals surface area contributed by atoms with Gasteiger partial charge in [-0.1, -0.05) is 94.3 Å². The van der Waals surface area contributed by atoms with E-state index in [4.69, 9.17) is 23.7 Å². The molecule has 236 valence electrons. The lowest BCUT2D eigenvalue weighted by Gasteiger charge is -2.52. The molecule has 0 aliphatic carbocycles. The summed E-state index contributed by atoms with van der Waals surface area (Å²) in [4.78, 5) is 1.24. The maximum Gasteiger partial charge on any atom is 0.222 e. The van der Waals surface area contributed by atoms with Crippen LogP contribution in [0.15, 0.2) is 77.7 Å². The van der Waals surface area contributed by atoms with E-state index in [0.29, 0.717) is 18.8 Å². The fourth-order valence-corrected chi connectivity index (χ4v) is 7.70. The van der Waals surface area contributed by atoms with Crippen LogP contribution in [0.25, 0.3) is 0 Å². The minimum absolute atomic E-state index is 0.241. The normalized spacial score (nSPS) is 29.7. The smallest absolute Gasteiger partial charge is 0.222 e. The van der Waals surface area contributed by atoms with E-state index in [1.807, 2.05) is 48.2 Å². The number of thioether (sulfide) groups is 1. The number of ether oxygens (including phenoxy) is 5. The minimum atomic E-state index is -1.74. The summed E-state index contributed by atoms with van der Waals surface area (Å²) in [5, 5.41) is 12.7. The molecule has 0 radical (unpaired) electrons. The van der Waals surface area contributed by atoms with Crippen LogP contribution in [0.2, 0.25) is 0 Å². The van der Waals surface area contributed by atoms with Crippen molar-refractivity contribution in [3.8, 4) is 0 Å². The Labute approximate surface area is 266 Å². The van der Waals surface area contributed by atoms with Crippen LogP contribution in [0.1, 0.15) is 86.5 Å². The number of hydrogen-bond acceptors (Lipinski definition) is 7. The van der Waals surface area contributed by atoms with Gasteiger partial charge in [0.05, 0.1) is 6.61 Å². The van der Waals surface area contributed by atoms with Gasteiger partial charge in [0.15, 0.2) is 6.29 Å². The molecule has 1 N–H and O–H groups in total. The van der Waals surface area contributed by atoms with E-state index < -0.39 is 36.5 Å². The van der Waals surface area contributed by atoms with Crippen molar-refractivity contribution in [2.45, 2.75) is 100 Å². The molecule has 0 bridgehead atoms. The van der Waals surface area contributed by atoms with Crippen molar-refractivity contribution in [3.63, 3.8) is 0 Å². The van der Waals surface area contributed by atoms with Crippen molar-refractivity contribution in [3.05, 3.63) is 101 Å². The number of benzene rings is 3. The molecule has 3 aromatic rings. The van der Waals surface area contributed by atoms with E-state index in [1.165, 1.54) is 21.6 Å². The van der Waals surface area contributed by atoms with Gasteiger partial charge in [0.2, 0.25) is 5.79 Å².